The SMILES string of the molecule is COc1ccc(OCc2cccnc2C(N)=S)cc1. The number of aromatic nitrogens is 1. The van der Waals surface area contributed by atoms with Crippen molar-refractivity contribution >= 4 is 17.2 Å². The van der Waals surface area contributed by atoms with Gasteiger partial charge in [-0.2, -0.15) is 0 Å². The molecule has 0 aliphatic rings. The molecule has 0 amide bonds. The van der Waals surface area contributed by atoms with E-state index in [1.807, 2.05) is 36.4 Å². The van der Waals surface area contributed by atoms with Crippen molar-refractivity contribution in [3.05, 3.63) is 53.9 Å². The maximum absolute atomic E-state index is 5.67. The first-order chi connectivity index (χ1) is 9.20. The molecule has 0 saturated carbocycles. The minimum Gasteiger partial charge on any atom is -0.497 e. The molecule has 2 N–H and O–H groups in total. The lowest BCUT2D eigenvalue weighted by Gasteiger charge is -2.09. The molecular formula is C14H14N2O2S. The quantitative estimate of drug-likeness (QED) is 0.848. The van der Waals surface area contributed by atoms with Gasteiger partial charge in [0.15, 0.2) is 0 Å². The van der Waals surface area contributed by atoms with Crippen molar-refractivity contribution in [2.45, 2.75) is 6.61 Å². The third kappa shape index (κ3) is 3.42. The minimum absolute atomic E-state index is 0.272. The van der Waals surface area contributed by atoms with Crippen LogP contribution in [0.1, 0.15) is 11.3 Å². The van der Waals surface area contributed by atoms with Gasteiger partial charge in [-0.25, -0.2) is 0 Å². The fraction of sp³-hybridized carbons (Fsp3) is 0.143. The third-order valence-corrected chi connectivity index (χ3v) is 2.77. The topological polar surface area (TPSA) is 57.4 Å². The maximum atomic E-state index is 5.67. The molecule has 0 aliphatic carbocycles. The van der Waals surface area contributed by atoms with Crippen molar-refractivity contribution in [3.63, 3.8) is 0 Å². The second kappa shape index (κ2) is 6.15. The first kappa shape index (κ1) is 13.3. The predicted octanol–water partition coefficient (Wildman–Crippen LogP) is 2.30. The number of methoxy groups -OCH3 is 1. The Morgan fingerprint density at radius 1 is 1.21 bits per heavy atom. The van der Waals surface area contributed by atoms with Crippen molar-refractivity contribution < 1.29 is 9.47 Å². The molecule has 0 unspecified atom stereocenters. The van der Waals surface area contributed by atoms with Crippen LogP contribution in [0.2, 0.25) is 0 Å². The summed E-state index contributed by atoms with van der Waals surface area (Å²) in [4.78, 5) is 4.42. The fourth-order valence-electron chi connectivity index (χ4n) is 1.61. The number of nitrogens with two attached hydrogens (primary N) is 1. The molecule has 0 bridgehead atoms. The van der Waals surface area contributed by atoms with Gasteiger partial charge in [0.1, 0.15) is 28.8 Å². The Bertz CT molecular complexity index is 570. The second-order valence-electron chi connectivity index (χ2n) is 3.84. The fourth-order valence-corrected chi connectivity index (χ4v) is 1.79. The van der Waals surface area contributed by atoms with E-state index >= 15 is 0 Å². The number of pyridine rings is 1. The van der Waals surface area contributed by atoms with Gasteiger partial charge in [0.05, 0.1) is 7.11 Å². The highest BCUT2D eigenvalue weighted by atomic mass is 32.1. The lowest BCUT2D eigenvalue weighted by Crippen LogP contribution is -2.15. The van der Waals surface area contributed by atoms with Crippen LogP contribution in [0.15, 0.2) is 42.6 Å². The van der Waals surface area contributed by atoms with E-state index in [0.717, 1.165) is 17.1 Å². The summed E-state index contributed by atoms with van der Waals surface area (Å²) in [5.41, 5.74) is 7.09. The Hall–Kier alpha value is -2.14. The molecule has 0 spiro atoms. The van der Waals surface area contributed by atoms with Crippen LogP contribution in [0.4, 0.5) is 0 Å². The van der Waals surface area contributed by atoms with E-state index in [0.29, 0.717) is 12.3 Å². The summed E-state index contributed by atoms with van der Waals surface area (Å²) in [5.74, 6) is 1.54. The summed E-state index contributed by atoms with van der Waals surface area (Å²) in [6.45, 7) is 0.368. The Kier molecular flexibility index (Phi) is 4.30. The first-order valence-electron chi connectivity index (χ1n) is 5.71. The Balaban J connectivity index is 2.07. The molecule has 2 rings (SSSR count). The minimum atomic E-state index is 0.272. The molecule has 0 saturated heterocycles. The van der Waals surface area contributed by atoms with Gasteiger partial charge in [0, 0.05) is 11.8 Å². The van der Waals surface area contributed by atoms with Crippen molar-refractivity contribution in [2.24, 2.45) is 5.73 Å². The highest BCUT2D eigenvalue weighted by Gasteiger charge is 2.06. The van der Waals surface area contributed by atoms with Crippen LogP contribution in [-0.2, 0) is 6.61 Å². The lowest BCUT2D eigenvalue weighted by atomic mass is 10.2. The molecule has 1 aromatic carbocycles. The monoisotopic (exact) mass is 274 g/mol. The summed E-state index contributed by atoms with van der Waals surface area (Å²) >= 11 is 4.96. The van der Waals surface area contributed by atoms with Gasteiger partial charge >= 0.3 is 0 Å². The van der Waals surface area contributed by atoms with Crippen LogP contribution >= 0.6 is 12.2 Å². The van der Waals surface area contributed by atoms with Crippen molar-refractivity contribution in [3.8, 4) is 11.5 Å². The number of nitrogens with zero attached hydrogens (tertiary/aromatic N) is 1. The van der Waals surface area contributed by atoms with E-state index in [1.54, 1.807) is 13.3 Å². The van der Waals surface area contributed by atoms with Crippen LogP contribution in [0, 0.1) is 0 Å². The number of rotatable bonds is 5. The third-order valence-electron chi connectivity index (χ3n) is 2.58. The molecule has 5 heteroatoms. The summed E-state index contributed by atoms with van der Waals surface area (Å²) in [7, 11) is 1.62. The lowest BCUT2D eigenvalue weighted by molar-refractivity contribution is 0.305. The van der Waals surface area contributed by atoms with Gasteiger partial charge < -0.3 is 15.2 Å². The molecule has 1 aromatic heterocycles. The number of ether oxygens (including phenoxy) is 2. The predicted molar refractivity (Wildman–Crippen MR) is 77.5 cm³/mol. The highest BCUT2D eigenvalue weighted by molar-refractivity contribution is 7.80. The van der Waals surface area contributed by atoms with Crippen molar-refractivity contribution in [1.82, 2.24) is 4.98 Å². The Morgan fingerprint density at radius 3 is 2.53 bits per heavy atom. The average Bonchev–Trinajstić information content (AvgIpc) is 2.46. The smallest absolute Gasteiger partial charge is 0.123 e. The standard InChI is InChI=1S/C14H14N2O2S/c1-17-11-4-6-12(7-5-11)18-9-10-3-2-8-16-13(10)14(15)19/h2-8H,9H2,1H3,(H2,15,19). The molecule has 4 nitrogen and oxygen atoms in total. The van der Waals surface area contributed by atoms with Crippen LogP contribution in [-0.4, -0.2) is 17.1 Å². The molecule has 0 radical (unpaired) electrons. The zero-order valence-electron chi connectivity index (χ0n) is 10.5. The average molecular weight is 274 g/mol. The second-order valence-corrected chi connectivity index (χ2v) is 4.28. The molecule has 0 aliphatic heterocycles. The molecule has 2 aromatic rings. The van der Waals surface area contributed by atoms with E-state index < -0.39 is 0 Å². The van der Waals surface area contributed by atoms with Crippen LogP contribution in [0.3, 0.4) is 0 Å². The van der Waals surface area contributed by atoms with Gasteiger partial charge in [0.25, 0.3) is 0 Å². The van der Waals surface area contributed by atoms with Gasteiger partial charge in [-0.15, -0.1) is 0 Å². The number of hydrogen-bond donors (Lipinski definition) is 1. The first-order valence-corrected chi connectivity index (χ1v) is 6.12. The van der Waals surface area contributed by atoms with Crippen LogP contribution in [0.25, 0.3) is 0 Å². The van der Waals surface area contributed by atoms with E-state index in [2.05, 4.69) is 4.98 Å². The van der Waals surface area contributed by atoms with E-state index in [1.165, 1.54) is 0 Å². The number of hydrogen-bond acceptors (Lipinski definition) is 4. The van der Waals surface area contributed by atoms with Gasteiger partial charge in [-0.05, 0) is 30.3 Å². The molecule has 0 atom stereocenters. The van der Waals surface area contributed by atoms with E-state index in [9.17, 15) is 0 Å². The molecular weight excluding hydrogens is 260 g/mol. The van der Waals surface area contributed by atoms with Crippen molar-refractivity contribution in [1.29, 1.82) is 0 Å². The van der Waals surface area contributed by atoms with Gasteiger partial charge in [-0.3, -0.25) is 4.98 Å². The van der Waals surface area contributed by atoms with Crippen LogP contribution < -0.4 is 15.2 Å². The normalized spacial score (nSPS) is 9.95. The zero-order valence-corrected chi connectivity index (χ0v) is 11.3. The molecule has 0 fully saturated rings. The Morgan fingerprint density at radius 2 is 1.89 bits per heavy atom. The van der Waals surface area contributed by atoms with E-state index in [-0.39, 0.29) is 4.99 Å². The maximum Gasteiger partial charge on any atom is 0.123 e. The van der Waals surface area contributed by atoms with Gasteiger partial charge in [-0.1, -0.05) is 18.3 Å². The Labute approximate surface area is 117 Å². The van der Waals surface area contributed by atoms with Crippen LogP contribution in [0.5, 0.6) is 11.5 Å². The highest BCUT2D eigenvalue weighted by Crippen LogP contribution is 2.18. The van der Waals surface area contributed by atoms with E-state index in [4.69, 9.17) is 27.4 Å². The number of thiocarbonyl (C=S) groups is 1. The largest absolute Gasteiger partial charge is 0.497 e. The molecule has 98 valence electrons. The van der Waals surface area contributed by atoms with Crippen molar-refractivity contribution in [2.75, 3.05) is 7.11 Å². The zero-order chi connectivity index (χ0) is 13.7. The number of benzene rings is 1. The summed E-state index contributed by atoms with van der Waals surface area (Å²) in [6, 6.07) is 11.1. The van der Waals surface area contributed by atoms with Gasteiger partial charge in [0.2, 0.25) is 0 Å². The summed E-state index contributed by atoms with van der Waals surface area (Å²) in [6.07, 6.45) is 1.66. The molecule has 1 heterocycles. The summed E-state index contributed by atoms with van der Waals surface area (Å²) in [5, 5.41) is 0. The molecule has 19 heavy (non-hydrogen) atoms. The summed E-state index contributed by atoms with van der Waals surface area (Å²) < 4.78 is 10.8.